The molecule has 0 radical (unpaired) electrons. The summed E-state index contributed by atoms with van der Waals surface area (Å²) < 4.78 is 45.1. The second kappa shape index (κ2) is 12.3. The number of nitro benzene ring substituents is 1. The number of methoxy groups -OCH3 is 1. The van der Waals surface area contributed by atoms with E-state index < -0.39 is 41.9 Å². The first-order valence-corrected chi connectivity index (χ1v) is 12.6. The molecule has 0 N–H and O–H groups in total. The van der Waals surface area contributed by atoms with E-state index in [1.165, 1.54) is 41.0 Å². The van der Waals surface area contributed by atoms with Gasteiger partial charge in [-0.3, -0.25) is 24.8 Å². The van der Waals surface area contributed by atoms with Gasteiger partial charge in [0.25, 0.3) is 11.6 Å². The minimum atomic E-state index is -3.02. The zero-order chi connectivity index (χ0) is 29.7. The van der Waals surface area contributed by atoms with Gasteiger partial charge in [0.2, 0.25) is 0 Å². The molecule has 1 unspecified atom stereocenters. The quantitative estimate of drug-likeness (QED) is 0.159. The number of rotatable bonds is 9. The molecule has 15 heteroatoms. The number of ether oxygens (including phenoxy) is 3. The molecular weight excluding hydrogens is 546 g/mol. The van der Waals surface area contributed by atoms with Crippen LogP contribution in [-0.2, 0) is 40.9 Å². The van der Waals surface area contributed by atoms with E-state index in [4.69, 9.17) is 14.2 Å². The summed E-state index contributed by atoms with van der Waals surface area (Å²) in [5.74, 6) is -4.54. The lowest BCUT2D eigenvalue weighted by molar-refractivity contribution is -0.384. The second-order valence-electron chi connectivity index (χ2n) is 9.51. The van der Waals surface area contributed by atoms with E-state index in [0.29, 0.717) is 29.2 Å². The number of carbonyl (C=O) groups excluding carboxylic acids is 2. The molecule has 1 aromatic carbocycles. The Balaban J connectivity index is 1.46. The maximum absolute atomic E-state index is 14.4. The topological polar surface area (TPSA) is 152 Å². The Morgan fingerprint density at radius 1 is 1.20 bits per heavy atom. The number of hydrogen-bond donors (Lipinski definition) is 0. The number of likely N-dealkylation sites (tertiary alicyclic amines) is 1. The van der Waals surface area contributed by atoms with Gasteiger partial charge in [0.05, 0.1) is 30.2 Å². The number of alkyl halides is 2. The van der Waals surface area contributed by atoms with E-state index in [1.54, 1.807) is 19.2 Å². The van der Waals surface area contributed by atoms with Crippen molar-refractivity contribution in [3.63, 3.8) is 0 Å². The van der Waals surface area contributed by atoms with Crippen LogP contribution in [0.3, 0.4) is 0 Å². The summed E-state index contributed by atoms with van der Waals surface area (Å²) in [5, 5.41) is 18.9. The highest BCUT2D eigenvalue weighted by Crippen LogP contribution is 2.32. The zero-order valence-corrected chi connectivity index (χ0v) is 22.6. The molecule has 3 aromatic rings. The van der Waals surface area contributed by atoms with Gasteiger partial charge in [-0.15, -0.1) is 5.10 Å². The molecule has 1 aliphatic rings. The van der Waals surface area contributed by atoms with Crippen molar-refractivity contribution in [2.75, 3.05) is 20.2 Å². The summed E-state index contributed by atoms with van der Waals surface area (Å²) in [5.41, 5.74) is 2.45. The summed E-state index contributed by atoms with van der Waals surface area (Å²) in [6.45, 7) is 1.46. The molecule has 0 saturated carbocycles. The lowest BCUT2D eigenvalue weighted by Gasteiger charge is -2.36. The molecule has 13 nitrogen and oxygen atoms in total. The molecule has 1 saturated heterocycles. The molecule has 41 heavy (non-hydrogen) atoms. The number of carbonyl (C=O) groups is 2. The zero-order valence-electron chi connectivity index (χ0n) is 22.6. The summed E-state index contributed by atoms with van der Waals surface area (Å²) >= 11 is 0. The van der Waals surface area contributed by atoms with Gasteiger partial charge < -0.3 is 14.2 Å². The van der Waals surface area contributed by atoms with Gasteiger partial charge in [-0.05, 0) is 30.2 Å². The van der Waals surface area contributed by atoms with Crippen molar-refractivity contribution in [1.29, 1.82) is 0 Å². The van der Waals surface area contributed by atoms with Crippen LogP contribution in [0.25, 0.3) is 11.4 Å². The molecule has 0 spiro atoms. The number of aromatic nitrogens is 4. The number of benzene rings is 1. The highest BCUT2D eigenvalue weighted by molar-refractivity contribution is 5.72. The third-order valence-electron chi connectivity index (χ3n) is 6.57. The maximum atomic E-state index is 14.4. The summed E-state index contributed by atoms with van der Waals surface area (Å²) in [6.07, 6.45) is -1.08. The predicted molar refractivity (Wildman–Crippen MR) is 138 cm³/mol. The molecule has 4 rings (SSSR count). The Morgan fingerprint density at radius 2 is 1.93 bits per heavy atom. The fourth-order valence-electron chi connectivity index (χ4n) is 4.62. The van der Waals surface area contributed by atoms with Crippen LogP contribution in [0, 0.1) is 16.0 Å². The third kappa shape index (κ3) is 7.16. The van der Waals surface area contributed by atoms with Crippen LogP contribution in [0.1, 0.15) is 30.3 Å². The number of piperidine rings is 1. The SMILES string of the molecule is CCc1nc(-c2nnn(C)c2COC(=O)Oc2ccc([N+](=O)[O-])cc2)ccc1CN1CC(C(=O)OC)CC(F)(F)C1. The van der Waals surface area contributed by atoms with Crippen molar-refractivity contribution >= 4 is 17.8 Å². The first kappa shape index (κ1) is 29.5. The number of halogens is 2. The van der Waals surface area contributed by atoms with E-state index in [0.717, 1.165) is 5.56 Å². The minimum Gasteiger partial charge on any atom is -0.469 e. The van der Waals surface area contributed by atoms with Gasteiger partial charge >= 0.3 is 12.1 Å². The fourth-order valence-corrected chi connectivity index (χ4v) is 4.62. The lowest BCUT2D eigenvalue weighted by atomic mass is 9.94. The Labute approximate surface area is 233 Å². The van der Waals surface area contributed by atoms with Gasteiger partial charge in [-0.1, -0.05) is 18.2 Å². The Kier molecular flexibility index (Phi) is 8.86. The molecule has 1 fully saturated rings. The number of nitrogens with zero attached hydrogens (tertiary/aromatic N) is 6. The van der Waals surface area contributed by atoms with E-state index >= 15 is 0 Å². The molecule has 0 aliphatic carbocycles. The largest absolute Gasteiger partial charge is 0.514 e. The monoisotopic (exact) mass is 574 g/mol. The van der Waals surface area contributed by atoms with Crippen LogP contribution >= 0.6 is 0 Å². The van der Waals surface area contributed by atoms with E-state index in [-0.39, 0.29) is 31.1 Å². The number of hydrogen-bond acceptors (Lipinski definition) is 11. The smallest absolute Gasteiger partial charge is 0.469 e. The number of nitro groups is 1. The predicted octanol–water partition coefficient (Wildman–Crippen LogP) is 3.69. The number of esters is 1. The normalized spacial score (nSPS) is 16.7. The lowest BCUT2D eigenvalue weighted by Crippen LogP contribution is -2.49. The van der Waals surface area contributed by atoms with Crippen molar-refractivity contribution in [2.24, 2.45) is 13.0 Å². The van der Waals surface area contributed by atoms with Crippen molar-refractivity contribution in [2.45, 2.75) is 38.8 Å². The molecule has 0 bridgehead atoms. The highest BCUT2D eigenvalue weighted by Gasteiger charge is 2.43. The number of pyridine rings is 1. The van der Waals surface area contributed by atoms with Crippen molar-refractivity contribution in [3.05, 3.63) is 63.5 Å². The molecule has 3 heterocycles. The van der Waals surface area contributed by atoms with Gasteiger partial charge in [0, 0.05) is 44.4 Å². The van der Waals surface area contributed by atoms with E-state index in [2.05, 4.69) is 15.3 Å². The molecule has 0 amide bonds. The number of aryl methyl sites for hydroxylation is 2. The van der Waals surface area contributed by atoms with Gasteiger partial charge in [0.1, 0.15) is 23.7 Å². The first-order valence-electron chi connectivity index (χ1n) is 12.6. The van der Waals surface area contributed by atoms with Crippen LogP contribution in [0.4, 0.5) is 19.3 Å². The summed E-state index contributed by atoms with van der Waals surface area (Å²) in [7, 11) is 2.80. The molecular formula is C26H28F2N6O7. The Bertz CT molecular complexity index is 1430. The standard InChI is InChI=1S/C26H28F2N6O7/c1-4-20-16(12-33-13-17(24(35)39-3)11-26(27,28)15-33)5-10-21(29-20)23-22(32(2)31-30-23)14-40-25(36)41-19-8-6-18(7-9-19)34(37)38/h5-10,17H,4,11-15H2,1-3H3. The first-order chi connectivity index (χ1) is 19.5. The van der Waals surface area contributed by atoms with Crippen LogP contribution in [-0.4, -0.2) is 68.0 Å². The summed E-state index contributed by atoms with van der Waals surface area (Å²) in [6, 6.07) is 8.38. The van der Waals surface area contributed by atoms with Crippen LogP contribution in [0.5, 0.6) is 5.75 Å². The van der Waals surface area contributed by atoms with Gasteiger partial charge in [-0.2, -0.15) is 0 Å². The van der Waals surface area contributed by atoms with Crippen LogP contribution in [0.2, 0.25) is 0 Å². The van der Waals surface area contributed by atoms with Crippen molar-refractivity contribution < 1.29 is 37.5 Å². The van der Waals surface area contributed by atoms with Crippen LogP contribution < -0.4 is 4.74 Å². The Hall–Kier alpha value is -4.53. The molecule has 1 atom stereocenters. The number of non-ortho nitro benzene ring substituents is 1. The van der Waals surface area contributed by atoms with Crippen molar-refractivity contribution in [3.8, 4) is 17.1 Å². The average Bonchev–Trinajstić information content (AvgIpc) is 3.31. The maximum Gasteiger partial charge on any atom is 0.514 e. The van der Waals surface area contributed by atoms with Crippen LogP contribution in [0.15, 0.2) is 36.4 Å². The fraction of sp³-hybridized carbons (Fsp3) is 0.423. The van der Waals surface area contributed by atoms with Gasteiger partial charge in [-0.25, -0.2) is 18.3 Å². The molecule has 2 aromatic heterocycles. The Morgan fingerprint density at radius 3 is 2.59 bits per heavy atom. The van der Waals surface area contributed by atoms with E-state index in [9.17, 15) is 28.5 Å². The summed E-state index contributed by atoms with van der Waals surface area (Å²) in [4.78, 5) is 40.6. The third-order valence-corrected chi connectivity index (χ3v) is 6.57. The molecule has 1 aliphatic heterocycles. The minimum absolute atomic E-state index is 0.0678. The van der Waals surface area contributed by atoms with Crippen molar-refractivity contribution in [1.82, 2.24) is 24.9 Å². The molecule has 218 valence electrons. The van der Waals surface area contributed by atoms with E-state index in [1.807, 2.05) is 6.92 Å². The highest BCUT2D eigenvalue weighted by atomic mass is 19.3. The van der Waals surface area contributed by atoms with Gasteiger partial charge in [0.15, 0.2) is 0 Å². The second-order valence-corrected chi connectivity index (χ2v) is 9.51. The average molecular weight is 575 g/mol.